The third-order valence-electron chi connectivity index (χ3n) is 3.92. The van der Waals surface area contributed by atoms with E-state index in [0.717, 1.165) is 12.1 Å². The summed E-state index contributed by atoms with van der Waals surface area (Å²) in [4.78, 5) is 2.33. The second-order valence-electron chi connectivity index (χ2n) is 5.12. The molecule has 2 N–H and O–H groups in total. The highest BCUT2D eigenvalue weighted by molar-refractivity contribution is 6.33. The van der Waals surface area contributed by atoms with E-state index in [9.17, 15) is 0 Å². The quantitative estimate of drug-likeness (QED) is 0.901. The van der Waals surface area contributed by atoms with Gasteiger partial charge in [-0.1, -0.05) is 17.7 Å². The smallest absolute Gasteiger partial charge is 0.179 e. The van der Waals surface area contributed by atoms with Crippen LogP contribution in [-0.4, -0.2) is 51.5 Å². The van der Waals surface area contributed by atoms with Crippen LogP contribution in [0.5, 0.6) is 11.5 Å². The molecule has 1 fully saturated rings. The highest BCUT2D eigenvalue weighted by Crippen LogP contribution is 2.41. The molecule has 1 aromatic carbocycles. The van der Waals surface area contributed by atoms with E-state index in [4.69, 9.17) is 31.5 Å². The molecule has 0 spiro atoms. The van der Waals surface area contributed by atoms with Crippen LogP contribution in [0.2, 0.25) is 5.02 Å². The van der Waals surface area contributed by atoms with Gasteiger partial charge in [0.2, 0.25) is 0 Å². The van der Waals surface area contributed by atoms with Crippen LogP contribution in [0.15, 0.2) is 12.1 Å². The summed E-state index contributed by atoms with van der Waals surface area (Å²) >= 11 is 6.51. The number of hydrogen-bond acceptors (Lipinski definition) is 5. The van der Waals surface area contributed by atoms with Crippen molar-refractivity contribution in [3.05, 3.63) is 22.7 Å². The van der Waals surface area contributed by atoms with Gasteiger partial charge >= 0.3 is 0 Å². The summed E-state index contributed by atoms with van der Waals surface area (Å²) in [6, 6.07) is 4.17. The number of halogens is 1. The number of methoxy groups -OCH3 is 2. The maximum Gasteiger partial charge on any atom is 0.179 e. The fourth-order valence-corrected chi connectivity index (χ4v) is 3.17. The molecule has 6 heteroatoms. The van der Waals surface area contributed by atoms with Crippen molar-refractivity contribution in [2.24, 2.45) is 5.73 Å². The lowest BCUT2D eigenvalue weighted by Gasteiger charge is -2.39. The van der Waals surface area contributed by atoms with Gasteiger partial charge in [0.05, 0.1) is 32.5 Å². The Bertz CT molecular complexity index is 484. The zero-order valence-corrected chi connectivity index (χ0v) is 13.5. The van der Waals surface area contributed by atoms with Crippen LogP contribution in [0.3, 0.4) is 0 Å². The van der Waals surface area contributed by atoms with Crippen molar-refractivity contribution < 1.29 is 14.2 Å². The predicted octanol–water partition coefficient (Wildman–Crippen LogP) is 2.08. The van der Waals surface area contributed by atoms with Gasteiger partial charge in [-0.3, -0.25) is 4.90 Å². The minimum atomic E-state index is 0.0382. The predicted molar refractivity (Wildman–Crippen MR) is 83.3 cm³/mol. The Labute approximate surface area is 130 Å². The third-order valence-corrected chi connectivity index (χ3v) is 4.31. The summed E-state index contributed by atoms with van der Waals surface area (Å²) in [5, 5.41) is 0.561. The zero-order valence-electron chi connectivity index (χ0n) is 12.8. The summed E-state index contributed by atoms with van der Waals surface area (Å²) in [6.45, 7) is 4.89. The number of hydrogen-bond donors (Lipinski definition) is 1. The number of ether oxygens (including phenoxy) is 3. The van der Waals surface area contributed by atoms with Crippen molar-refractivity contribution >= 4 is 11.6 Å². The van der Waals surface area contributed by atoms with Gasteiger partial charge in [0.1, 0.15) is 0 Å². The van der Waals surface area contributed by atoms with Crippen LogP contribution in [-0.2, 0) is 4.74 Å². The lowest BCUT2D eigenvalue weighted by atomic mass is 10.0. The Morgan fingerprint density at radius 3 is 2.76 bits per heavy atom. The number of benzene rings is 1. The monoisotopic (exact) mass is 314 g/mol. The molecule has 1 heterocycles. The molecule has 2 atom stereocenters. The topological polar surface area (TPSA) is 57.0 Å². The van der Waals surface area contributed by atoms with Gasteiger partial charge in [-0.25, -0.2) is 0 Å². The molecule has 5 nitrogen and oxygen atoms in total. The van der Waals surface area contributed by atoms with Crippen LogP contribution in [0, 0.1) is 0 Å². The first-order valence-electron chi connectivity index (χ1n) is 7.08. The average Bonchev–Trinajstić information content (AvgIpc) is 2.50. The van der Waals surface area contributed by atoms with Crippen LogP contribution >= 0.6 is 11.6 Å². The lowest BCUT2D eigenvalue weighted by Crippen LogP contribution is -2.47. The molecule has 0 aromatic heterocycles. The summed E-state index contributed by atoms with van der Waals surface area (Å²) in [5.41, 5.74) is 6.98. The number of nitrogens with two attached hydrogens (primary N) is 1. The van der Waals surface area contributed by atoms with Crippen molar-refractivity contribution in [3.63, 3.8) is 0 Å². The standard InChI is InChI=1S/C15H23ClN2O3/c1-10-9-21-7-6-18(10)12(8-17)11-4-5-13(19-2)15(20-3)14(11)16/h4-5,10,12H,6-9,17H2,1-3H3. The van der Waals surface area contributed by atoms with Gasteiger partial charge in [-0.2, -0.15) is 0 Å². The van der Waals surface area contributed by atoms with E-state index in [1.807, 2.05) is 12.1 Å². The average molecular weight is 315 g/mol. The molecule has 0 amide bonds. The minimum Gasteiger partial charge on any atom is -0.493 e. The molecule has 1 aliphatic rings. The number of morpholine rings is 1. The first-order chi connectivity index (χ1) is 10.1. The van der Waals surface area contributed by atoms with E-state index >= 15 is 0 Å². The Morgan fingerprint density at radius 2 is 2.19 bits per heavy atom. The molecular weight excluding hydrogens is 292 g/mol. The molecule has 2 unspecified atom stereocenters. The van der Waals surface area contributed by atoms with Crippen LogP contribution < -0.4 is 15.2 Å². The Balaban J connectivity index is 2.38. The van der Waals surface area contributed by atoms with Gasteiger partial charge in [0, 0.05) is 25.2 Å². The maximum atomic E-state index is 6.51. The Hall–Kier alpha value is -1.01. The van der Waals surface area contributed by atoms with Gasteiger partial charge < -0.3 is 19.9 Å². The van der Waals surface area contributed by atoms with Crippen LogP contribution in [0.25, 0.3) is 0 Å². The van der Waals surface area contributed by atoms with E-state index in [1.165, 1.54) is 0 Å². The molecule has 0 radical (unpaired) electrons. The van der Waals surface area contributed by atoms with E-state index < -0.39 is 0 Å². The first-order valence-corrected chi connectivity index (χ1v) is 7.45. The molecule has 0 bridgehead atoms. The molecule has 2 rings (SSSR count). The lowest BCUT2D eigenvalue weighted by molar-refractivity contribution is -0.0209. The van der Waals surface area contributed by atoms with Gasteiger partial charge in [0.15, 0.2) is 11.5 Å². The van der Waals surface area contributed by atoms with E-state index in [0.29, 0.717) is 42.3 Å². The summed E-state index contributed by atoms with van der Waals surface area (Å²) in [7, 11) is 3.18. The molecule has 1 saturated heterocycles. The van der Waals surface area contributed by atoms with E-state index in [2.05, 4.69) is 11.8 Å². The molecule has 1 aliphatic heterocycles. The Morgan fingerprint density at radius 1 is 1.43 bits per heavy atom. The normalized spacial score (nSPS) is 21.1. The molecule has 1 aromatic rings. The summed E-state index contributed by atoms with van der Waals surface area (Å²) in [6.07, 6.45) is 0. The zero-order chi connectivity index (χ0) is 15.4. The number of nitrogens with zero attached hydrogens (tertiary/aromatic N) is 1. The molecule has 118 valence electrons. The van der Waals surface area contributed by atoms with Gasteiger partial charge in [-0.15, -0.1) is 0 Å². The van der Waals surface area contributed by atoms with Crippen molar-refractivity contribution in [1.29, 1.82) is 0 Å². The second kappa shape index (κ2) is 7.31. The fraction of sp³-hybridized carbons (Fsp3) is 0.600. The van der Waals surface area contributed by atoms with Gasteiger partial charge in [0.25, 0.3) is 0 Å². The summed E-state index contributed by atoms with van der Waals surface area (Å²) in [5.74, 6) is 1.17. The SMILES string of the molecule is COc1ccc(C(CN)N2CCOCC2C)c(Cl)c1OC. The fourth-order valence-electron chi connectivity index (χ4n) is 2.81. The molecule has 0 aliphatic carbocycles. The van der Waals surface area contributed by atoms with Crippen LogP contribution in [0.4, 0.5) is 0 Å². The minimum absolute atomic E-state index is 0.0382. The van der Waals surface area contributed by atoms with E-state index in [1.54, 1.807) is 14.2 Å². The van der Waals surface area contributed by atoms with E-state index in [-0.39, 0.29) is 6.04 Å². The van der Waals surface area contributed by atoms with Crippen molar-refractivity contribution in [1.82, 2.24) is 4.90 Å². The Kier molecular flexibility index (Phi) is 5.70. The largest absolute Gasteiger partial charge is 0.493 e. The number of rotatable bonds is 5. The molecule has 21 heavy (non-hydrogen) atoms. The van der Waals surface area contributed by atoms with Crippen molar-refractivity contribution in [2.45, 2.75) is 19.0 Å². The molecular formula is C15H23ClN2O3. The summed E-state index contributed by atoms with van der Waals surface area (Å²) < 4.78 is 16.1. The second-order valence-corrected chi connectivity index (χ2v) is 5.50. The molecule has 0 saturated carbocycles. The maximum absolute atomic E-state index is 6.51. The highest BCUT2D eigenvalue weighted by atomic mass is 35.5. The van der Waals surface area contributed by atoms with Crippen molar-refractivity contribution in [2.75, 3.05) is 40.5 Å². The highest BCUT2D eigenvalue weighted by Gasteiger charge is 2.29. The van der Waals surface area contributed by atoms with Crippen LogP contribution in [0.1, 0.15) is 18.5 Å². The first kappa shape index (κ1) is 16.4. The third kappa shape index (κ3) is 3.26. The van der Waals surface area contributed by atoms with Crippen molar-refractivity contribution in [3.8, 4) is 11.5 Å². The van der Waals surface area contributed by atoms with Gasteiger partial charge in [-0.05, 0) is 18.6 Å².